The summed E-state index contributed by atoms with van der Waals surface area (Å²) in [4.78, 5) is 11.8. The Balaban J connectivity index is 1.83. The molecule has 1 aromatic rings. The van der Waals surface area contributed by atoms with Crippen molar-refractivity contribution in [2.45, 2.75) is 44.7 Å². The summed E-state index contributed by atoms with van der Waals surface area (Å²) in [5.41, 5.74) is 5.76. The molecule has 1 amide bonds. The predicted octanol–water partition coefficient (Wildman–Crippen LogP) is -0.303. The lowest BCUT2D eigenvalue weighted by Gasteiger charge is -2.30. The molecule has 0 aromatic carbocycles. The van der Waals surface area contributed by atoms with Gasteiger partial charge in [0.15, 0.2) is 0 Å². The minimum Gasteiger partial charge on any atom is -0.350 e. The Bertz CT molecular complexity index is 360. The second-order valence-corrected chi connectivity index (χ2v) is 4.82. The van der Waals surface area contributed by atoms with Crippen LogP contribution < -0.4 is 11.1 Å². The van der Waals surface area contributed by atoms with Crippen molar-refractivity contribution in [2.24, 2.45) is 11.7 Å². The largest absolute Gasteiger partial charge is 0.350 e. The number of hydrogen-bond acceptors (Lipinski definition) is 5. The van der Waals surface area contributed by atoms with E-state index in [1.807, 2.05) is 0 Å². The molecular formula is C11H20N6O. The lowest BCUT2D eigenvalue weighted by molar-refractivity contribution is -0.123. The summed E-state index contributed by atoms with van der Waals surface area (Å²) < 4.78 is 1.41. The summed E-state index contributed by atoms with van der Waals surface area (Å²) in [7, 11) is 0. The van der Waals surface area contributed by atoms with E-state index in [1.54, 1.807) is 0 Å². The van der Waals surface area contributed by atoms with Gasteiger partial charge in [0, 0.05) is 12.6 Å². The number of aromatic nitrogens is 4. The van der Waals surface area contributed by atoms with E-state index in [-0.39, 0.29) is 18.5 Å². The third kappa shape index (κ3) is 3.49. The van der Waals surface area contributed by atoms with Crippen LogP contribution in [0, 0.1) is 5.92 Å². The summed E-state index contributed by atoms with van der Waals surface area (Å²) in [6.45, 7) is 0.641. The average molecular weight is 252 g/mol. The van der Waals surface area contributed by atoms with Gasteiger partial charge in [-0.15, -0.1) is 5.10 Å². The Hall–Kier alpha value is -1.50. The van der Waals surface area contributed by atoms with Crippen LogP contribution in [0.15, 0.2) is 6.33 Å². The standard InChI is InChI=1S/C11H20N6O/c12-6-10(9-4-2-1-3-5-9)14-11(18)7-17-8-13-15-16-17/h8-10H,1-7,12H2,(H,14,18). The molecular weight excluding hydrogens is 232 g/mol. The van der Waals surface area contributed by atoms with Crippen LogP contribution in [0.3, 0.4) is 0 Å². The van der Waals surface area contributed by atoms with E-state index in [9.17, 15) is 4.79 Å². The van der Waals surface area contributed by atoms with Gasteiger partial charge in [-0.2, -0.15) is 0 Å². The van der Waals surface area contributed by atoms with Crippen LogP contribution in [0.25, 0.3) is 0 Å². The van der Waals surface area contributed by atoms with Crippen LogP contribution in [0.4, 0.5) is 0 Å². The van der Waals surface area contributed by atoms with E-state index in [0.29, 0.717) is 12.5 Å². The topological polar surface area (TPSA) is 98.7 Å². The first-order valence-corrected chi connectivity index (χ1v) is 6.50. The molecule has 1 saturated carbocycles. The van der Waals surface area contributed by atoms with Crippen LogP contribution in [0.1, 0.15) is 32.1 Å². The van der Waals surface area contributed by atoms with Crippen LogP contribution in [-0.4, -0.2) is 38.7 Å². The number of tetrazole rings is 1. The van der Waals surface area contributed by atoms with Crippen LogP contribution in [0.5, 0.6) is 0 Å². The molecule has 0 radical (unpaired) electrons. The highest BCUT2D eigenvalue weighted by molar-refractivity contribution is 5.75. The molecule has 1 fully saturated rings. The zero-order valence-electron chi connectivity index (χ0n) is 10.5. The van der Waals surface area contributed by atoms with Crippen LogP contribution in [-0.2, 0) is 11.3 Å². The van der Waals surface area contributed by atoms with Crippen molar-refractivity contribution in [3.8, 4) is 0 Å². The fourth-order valence-electron chi connectivity index (χ4n) is 2.56. The maximum absolute atomic E-state index is 11.8. The first kappa shape index (κ1) is 12.9. The number of rotatable bonds is 5. The van der Waals surface area contributed by atoms with Gasteiger partial charge >= 0.3 is 0 Å². The number of carbonyl (C=O) groups excluding carboxylic acids is 1. The molecule has 0 saturated heterocycles. The summed E-state index contributed by atoms with van der Waals surface area (Å²) in [6.07, 6.45) is 7.53. The molecule has 18 heavy (non-hydrogen) atoms. The molecule has 0 spiro atoms. The Morgan fingerprint density at radius 2 is 2.22 bits per heavy atom. The SMILES string of the molecule is NCC(NC(=O)Cn1cnnn1)C1CCCCC1. The molecule has 1 aromatic heterocycles. The smallest absolute Gasteiger partial charge is 0.242 e. The molecule has 0 aliphatic heterocycles. The van der Waals surface area contributed by atoms with E-state index in [4.69, 9.17) is 5.73 Å². The van der Waals surface area contributed by atoms with Crippen molar-refractivity contribution >= 4 is 5.91 Å². The molecule has 1 aliphatic rings. The molecule has 1 aliphatic carbocycles. The number of amides is 1. The summed E-state index contributed by atoms with van der Waals surface area (Å²) in [5.74, 6) is 0.435. The first-order chi connectivity index (χ1) is 8.79. The summed E-state index contributed by atoms with van der Waals surface area (Å²) in [5, 5.41) is 13.6. The zero-order chi connectivity index (χ0) is 12.8. The molecule has 0 bridgehead atoms. The van der Waals surface area contributed by atoms with Crippen molar-refractivity contribution in [3.63, 3.8) is 0 Å². The second kappa shape index (κ2) is 6.44. The van der Waals surface area contributed by atoms with Gasteiger partial charge in [-0.05, 0) is 29.2 Å². The van der Waals surface area contributed by atoms with E-state index >= 15 is 0 Å². The Morgan fingerprint density at radius 1 is 1.44 bits per heavy atom. The highest BCUT2D eigenvalue weighted by atomic mass is 16.2. The van der Waals surface area contributed by atoms with E-state index < -0.39 is 0 Å². The minimum absolute atomic E-state index is 0.0780. The second-order valence-electron chi connectivity index (χ2n) is 4.82. The third-order valence-electron chi connectivity index (χ3n) is 3.52. The van der Waals surface area contributed by atoms with E-state index in [0.717, 1.165) is 12.8 Å². The van der Waals surface area contributed by atoms with Gasteiger partial charge in [0.05, 0.1) is 0 Å². The quantitative estimate of drug-likeness (QED) is 0.749. The number of hydrogen-bond donors (Lipinski definition) is 2. The lowest BCUT2D eigenvalue weighted by atomic mass is 9.84. The van der Waals surface area contributed by atoms with E-state index in [1.165, 1.54) is 30.3 Å². The van der Waals surface area contributed by atoms with Crippen molar-refractivity contribution in [1.82, 2.24) is 25.5 Å². The maximum Gasteiger partial charge on any atom is 0.242 e. The molecule has 2 rings (SSSR count). The molecule has 3 N–H and O–H groups in total. The van der Waals surface area contributed by atoms with Crippen molar-refractivity contribution in [1.29, 1.82) is 0 Å². The molecule has 100 valence electrons. The molecule has 1 unspecified atom stereocenters. The summed E-state index contributed by atoms with van der Waals surface area (Å²) in [6, 6.07) is 0.0780. The molecule has 1 atom stereocenters. The highest BCUT2D eigenvalue weighted by Crippen LogP contribution is 2.26. The third-order valence-corrected chi connectivity index (χ3v) is 3.52. The monoisotopic (exact) mass is 252 g/mol. The van der Waals surface area contributed by atoms with Gasteiger partial charge in [0.1, 0.15) is 12.9 Å². The lowest BCUT2D eigenvalue weighted by Crippen LogP contribution is -2.47. The molecule has 1 heterocycles. The van der Waals surface area contributed by atoms with Crippen molar-refractivity contribution < 1.29 is 4.79 Å². The fraction of sp³-hybridized carbons (Fsp3) is 0.818. The highest BCUT2D eigenvalue weighted by Gasteiger charge is 2.23. The number of carbonyl (C=O) groups is 1. The fourth-order valence-corrected chi connectivity index (χ4v) is 2.56. The minimum atomic E-state index is -0.0803. The maximum atomic E-state index is 11.8. The Morgan fingerprint density at radius 3 is 2.83 bits per heavy atom. The number of nitrogens with two attached hydrogens (primary N) is 1. The van der Waals surface area contributed by atoms with Crippen LogP contribution in [0.2, 0.25) is 0 Å². The average Bonchev–Trinajstić information content (AvgIpc) is 2.90. The van der Waals surface area contributed by atoms with Gasteiger partial charge in [-0.1, -0.05) is 19.3 Å². The summed E-state index contributed by atoms with van der Waals surface area (Å²) >= 11 is 0. The Kier molecular flexibility index (Phi) is 4.63. The van der Waals surface area contributed by atoms with Crippen molar-refractivity contribution in [2.75, 3.05) is 6.54 Å². The molecule has 7 heteroatoms. The van der Waals surface area contributed by atoms with Gasteiger partial charge < -0.3 is 11.1 Å². The van der Waals surface area contributed by atoms with Gasteiger partial charge in [0.25, 0.3) is 0 Å². The van der Waals surface area contributed by atoms with Gasteiger partial charge in [0.2, 0.25) is 5.91 Å². The van der Waals surface area contributed by atoms with Gasteiger partial charge in [-0.3, -0.25) is 4.79 Å². The number of nitrogens with zero attached hydrogens (tertiary/aromatic N) is 4. The van der Waals surface area contributed by atoms with Crippen LogP contribution >= 0.6 is 0 Å². The van der Waals surface area contributed by atoms with Crippen molar-refractivity contribution in [3.05, 3.63) is 6.33 Å². The predicted molar refractivity (Wildman–Crippen MR) is 65.4 cm³/mol. The van der Waals surface area contributed by atoms with E-state index in [2.05, 4.69) is 20.8 Å². The first-order valence-electron chi connectivity index (χ1n) is 6.50. The normalized spacial score (nSPS) is 18.5. The Labute approximate surface area is 106 Å². The molecule has 7 nitrogen and oxygen atoms in total. The van der Waals surface area contributed by atoms with Gasteiger partial charge in [-0.25, -0.2) is 4.68 Å². The zero-order valence-corrected chi connectivity index (χ0v) is 10.5. The number of nitrogens with one attached hydrogen (secondary N) is 1.